The molecule has 0 spiro atoms. The van der Waals surface area contributed by atoms with E-state index in [4.69, 9.17) is 0 Å². The molecule has 21 heavy (non-hydrogen) atoms. The third kappa shape index (κ3) is 2.94. The molecule has 1 heterocycles. The molecule has 0 N–H and O–H groups in total. The zero-order valence-electron chi connectivity index (χ0n) is 11.2. The van der Waals surface area contributed by atoms with E-state index in [1.54, 1.807) is 0 Å². The molecule has 0 amide bonds. The summed E-state index contributed by atoms with van der Waals surface area (Å²) in [7, 11) is 0. The second kappa shape index (κ2) is 6.12. The average Bonchev–Trinajstić information content (AvgIpc) is 2.75. The van der Waals surface area contributed by atoms with Crippen LogP contribution in [0.2, 0.25) is 0 Å². The Morgan fingerprint density at radius 3 is 1.76 bits per heavy atom. The lowest BCUT2D eigenvalue weighted by Crippen LogP contribution is -2.22. The first-order valence-corrected chi connectivity index (χ1v) is 8.20. The largest absolute Gasteiger partial charge is 0.265 e. The Balaban J connectivity index is 2.20. The van der Waals surface area contributed by atoms with E-state index in [0.29, 0.717) is 0 Å². The van der Waals surface area contributed by atoms with Gasteiger partial charge in [0, 0.05) is 21.4 Å². The zero-order chi connectivity index (χ0) is 14.7. The molecular weight excluding hydrogens is 390 g/mol. The molecule has 1 aliphatic heterocycles. The molecular formula is C18H13Br2N. The Labute approximate surface area is 141 Å². The monoisotopic (exact) mass is 401 g/mol. The lowest BCUT2D eigenvalue weighted by molar-refractivity contribution is 0.815. The summed E-state index contributed by atoms with van der Waals surface area (Å²) >= 11 is 7.00. The maximum absolute atomic E-state index is 4.24. The van der Waals surface area contributed by atoms with Crippen LogP contribution >= 0.6 is 31.9 Å². The van der Waals surface area contributed by atoms with Crippen molar-refractivity contribution in [1.82, 2.24) is 0 Å². The van der Waals surface area contributed by atoms with Gasteiger partial charge in [-0.05, 0) is 47.5 Å². The van der Waals surface area contributed by atoms with Crippen LogP contribution in [0.3, 0.4) is 0 Å². The van der Waals surface area contributed by atoms with Gasteiger partial charge >= 0.3 is 0 Å². The third-order valence-corrected chi connectivity index (χ3v) is 4.66. The highest BCUT2D eigenvalue weighted by molar-refractivity contribution is 9.10. The molecule has 3 rings (SSSR count). The summed E-state index contributed by atoms with van der Waals surface area (Å²) in [6.45, 7) is 0. The van der Waals surface area contributed by atoms with Crippen LogP contribution in [0, 0.1) is 0 Å². The van der Waals surface area contributed by atoms with Gasteiger partial charge in [0.15, 0.2) is 0 Å². The number of hydrogen-bond donors (Lipinski definition) is 0. The van der Waals surface area contributed by atoms with Gasteiger partial charge in [0.2, 0.25) is 0 Å². The molecule has 1 nitrogen and oxygen atoms in total. The first kappa shape index (κ1) is 14.5. The zero-order valence-corrected chi connectivity index (χ0v) is 14.4. The minimum atomic E-state index is -0.294. The van der Waals surface area contributed by atoms with Crippen LogP contribution in [0.25, 0.3) is 0 Å². The van der Waals surface area contributed by atoms with Crippen LogP contribution in [0.15, 0.2) is 86.9 Å². The number of benzene rings is 2. The van der Waals surface area contributed by atoms with E-state index in [9.17, 15) is 0 Å². The van der Waals surface area contributed by atoms with E-state index >= 15 is 0 Å². The Hall–Kier alpha value is -1.45. The molecule has 0 radical (unpaired) electrons. The maximum Gasteiger partial charge on any atom is 0.0583 e. The summed E-state index contributed by atoms with van der Waals surface area (Å²) in [4.78, 5) is 4.24. The van der Waals surface area contributed by atoms with Crippen LogP contribution in [-0.4, -0.2) is 6.21 Å². The predicted molar refractivity (Wildman–Crippen MR) is 95.8 cm³/mol. The van der Waals surface area contributed by atoms with Gasteiger partial charge in [-0.2, -0.15) is 0 Å². The number of hydrogen-bond acceptors (Lipinski definition) is 1. The van der Waals surface area contributed by atoms with E-state index in [1.807, 2.05) is 18.5 Å². The first-order chi connectivity index (χ1) is 10.2. The standard InChI is InChI=1S/C18H13Br2N/c19-16-6-2-14(3-7-16)18(10-1-12-21-13-11-18)15-4-8-17(20)9-5-15/h1-13H. The smallest absolute Gasteiger partial charge is 0.0583 e. The van der Waals surface area contributed by atoms with Crippen LogP contribution < -0.4 is 0 Å². The van der Waals surface area contributed by atoms with E-state index in [1.165, 1.54) is 11.1 Å². The Bertz CT molecular complexity index is 646. The molecule has 2 aromatic carbocycles. The van der Waals surface area contributed by atoms with Gasteiger partial charge in [0.05, 0.1) is 5.41 Å². The quantitative estimate of drug-likeness (QED) is 0.615. The third-order valence-electron chi connectivity index (χ3n) is 3.60. The van der Waals surface area contributed by atoms with Crippen molar-refractivity contribution in [3.63, 3.8) is 0 Å². The summed E-state index contributed by atoms with van der Waals surface area (Å²) in [5.74, 6) is 0. The fourth-order valence-electron chi connectivity index (χ4n) is 2.51. The van der Waals surface area contributed by atoms with Crippen LogP contribution in [-0.2, 0) is 5.41 Å². The minimum absolute atomic E-state index is 0.294. The van der Waals surface area contributed by atoms with Gasteiger partial charge in [-0.1, -0.05) is 62.2 Å². The van der Waals surface area contributed by atoms with E-state index in [-0.39, 0.29) is 5.41 Å². The van der Waals surface area contributed by atoms with Gasteiger partial charge in [0.1, 0.15) is 0 Å². The topological polar surface area (TPSA) is 12.4 Å². The molecule has 104 valence electrons. The van der Waals surface area contributed by atoms with Crippen LogP contribution in [0.1, 0.15) is 11.1 Å². The lowest BCUT2D eigenvalue weighted by atomic mass is 9.74. The average molecular weight is 403 g/mol. The van der Waals surface area contributed by atoms with Gasteiger partial charge < -0.3 is 0 Å². The SMILES string of the molecule is Brc1ccc(C2(c3ccc(Br)cc3)C=CC=NC=C2)cc1. The molecule has 0 saturated carbocycles. The van der Waals surface area contributed by atoms with E-state index in [0.717, 1.165) is 8.95 Å². The first-order valence-electron chi connectivity index (χ1n) is 6.61. The molecule has 0 atom stereocenters. The number of halogens is 2. The van der Waals surface area contributed by atoms with Crippen molar-refractivity contribution in [3.05, 3.63) is 93.0 Å². The fourth-order valence-corrected chi connectivity index (χ4v) is 3.04. The fraction of sp³-hybridized carbons (Fsp3) is 0.0556. The summed E-state index contributed by atoms with van der Waals surface area (Å²) in [6, 6.07) is 16.9. The Morgan fingerprint density at radius 2 is 1.24 bits per heavy atom. The van der Waals surface area contributed by atoms with Crippen molar-refractivity contribution in [2.75, 3.05) is 0 Å². The highest BCUT2D eigenvalue weighted by Crippen LogP contribution is 2.37. The molecule has 0 bridgehead atoms. The van der Waals surface area contributed by atoms with Crippen molar-refractivity contribution in [2.24, 2.45) is 4.99 Å². The van der Waals surface area contributed by atoms with Gasteiger partial charge in [0.25, 0.3) is 0 Å². The number of allylic oxidation sites excluding steroid dienone is 3. The Kier molecular flexibility index (Phi) is 4.22. The van der Waals surface area contributed by atoms with E-state index in [2.05, 4.69) is 97.5 Å². The highest BCUT2D eigenvalue weighted by atomic mass is 79.9. The van der Waals surface area contributed by atoms with Crippen molar-refractivity contribution in [2.45, 2.75) is 5.41 Å². The predicted octanol–water partition coefficient (Wildman–Crippen LogP) is 5.65. The van der Waals surface area contributed by atoms with E-state index < -0.39 is 0 Å². The molecule has 3 heteroatoms. The summed E-state index contributed by atoms with van der Waals surface area (Å²) in [6.07, 6.45) is 10.0. The highest BCUT2D eigenvalue weighted by Gasteiger charge is 2.29. The maximum atomic E-state index is 4.24. The van der Waals surface area contributed by atoms with Crippen LogP contribution in [0.4, 0.5) is 0 Å². The van der Waals surface area contributed by atoms with Crippen molar-refractivity contribution in [3.8, 4) is 0 Å². The molecule has 0 aliphatic carbocycles. The Morgan fingerprint density at radius 1 is 0.714 bits per heavy atom. The molecule has 2 aromatic rings. The molecule has 0 unspecified atom stereocenters. The van der Waals surface area contributed by atoms with Crippen molar-refractivity contribution >= 4 is 38.1 Å². The van der Waals surface area contributed by atoms with Crippen LogP contribution in [0.5, 0.6) is 0 Å². The molecule has 1 aliphatic rings. The van der Waals surface area contributed by atoms with Crippen molar-refractivity contribution < 1.29 is 0 Å². The second-order valence-electron chi connectivity index (χ2n) is 4.86. The lowest BCUT2D eigenvalue weighted by Gasteiger charge is -2.28. The summed E-state index contributed by atoms with van der Waals surface area (Å²) < 4.78 is 2.16. The van der Waals surface area contributed by atoms with Gasteiger partial charge in [-0.15, -0.1) is 0 Å². The van der Waals surface area contributed by atoms with Gasteiger partial charge in [-0.3, -0.25) is 4.99 Å². The molecule has 0 aromatic heterocycles. The number of aliphatic imine (C=N–C) groups is 1. The summed E-state index contributed by atoms with van der Waals surface area (Å²) in [5, 5.41) is 0. The number of rotatable bonds is 2. The molecule has 0 fully saturated rings. The summed E-state index contributed by atoms with van der Waals surface area (Å²) in [5.41, 5.74) is 2.13. The second-order valence-corrected chi connectivity index (χ2v) is 6.69. The normalized spacial score (nSPS) is 15.9. The minimum Gasteiger partial charge on any atom is -0.265 e. The van der Waals surface area contributed by atoms with Crippen molar-refractivity contribution in [1.29, 1.82) is 0 Å². The van der Waals surface area contributed by atoms with Gasteiger partial charge in [-0.25, -0.2) is 0 Å². The molecule has 0 saturated heterocycles. The number of nitrogens with zero attached hydrogens (tertiary/aromatic N) is 1.